The van der Waals surface area contributed by atoms with E-state index in [2.05, 4.69) is 15.5 Å². The third-order valence-corrected chi connectivity index (χ3v) is 4.01. The summed E-state index contributed by atoms with van der Waals surface area (Å²) in [7, 11) is 0. The van der Waals surface area contributed by atoms with Gasteiger partial charge in [-0.1, -0.05) is 30.3 Å². The van der Waals surface area contributed by atoms with Crippen molar-refractivity contribution in [2.75, 3.05) is 6.54 Å². The van der Waals surface area contributed by atoms with E-state index in [1.54, 1.807) is 16.7 Å². The number of azo groups is 1. The molecule has 0 spiro atoms. The Balaban J connectivity index is 1.73. The van der Waals surface area contributed by atoms with Gasteiger partial charge in [0.15, 0.2) is 5.69 Å². The van der Waals surface area contributed by atoms with Crippen molar-refractivity contribution in [3.63, 3.8) is 0 Å². The number of nitrogens with zero attached hydrogens (tertiary/aromatic N) is 3. The summed E-state index contributed by atoms with van der Waals surface area (Å²) >= 11 is 0. The molecule has 3 aromatic rings. The summed E-state index contributed by atoms with van der Waals surface area (Å²) in [6.45, 7) is 1.95. The fourth-order valence-electron chi connectivity index (χ4n) is 2.73. The van der Waals surface area contributed by atoms with E-state index < -0.39 is 24.2 Å². The molecule has 2 N–H and O–H groups in total. The van der Waals surface area contributed by atoms with Gasteiger partial charge in [0, 0.05) is 11.9 Å². The summed E-state index contributed by atoms with van der Waals surface area (Å²) in [4.78, 5) is 23.8. The Kier molecular flexibility index (Phi) is 5.25. The van der Waals surface area contributed by atoms with Crippen LogP contribution in [0.15, 0.2) is 58.8 Å². The zero-order chi connectivity index (χ0) is 19.4. The Labute approximate surface area is 154 Å². The van der Waals surface area contributed by atoms with Gasteiger partial charge in [0.25, 0.3) is 11.8 Å². The van der Waals surface area contributed by atoms with Crippen molar-refractivity contribution in [3.8, 4) is 5.88 Å². The van der Waals surface area contributed by atoms with Crippen molar-refractivity contribution < 1.29 is 19.1 Å². The number of amides is 2. The van der Waals surface area contributed by atoms with E-state index in [-0.39, 0.29) is 17.1 Å². The van der Waals surface area contributed by atoms with Gasteiger partial charge in [0.2, 0.25) is 5.88 Å². The van der Waals surface area contributed by atoms with Crippen LogP contribution in [0.25, 0.3) is 10.9 Å². The van der Waals surface area contributed by atoms with E-state index in [0.29, 0.717) is 11.9 Å². The molecular formula is C19H17FN4O3. The number of aromatic nitrogens is 1. The van der Waals surface area contributed by atoms with Gasteiger partial charge < -0.3 is 15.0 Å². The molecule has 0 saturated carbocycles. The van der Waals surface area contributed by atoms with Crippen molar-refractivity contribution >= 4 is 28.4 Å². The monoisotopic (exact) mass is 368 g/mol. The standard InChI is InChI=1S/C19H17FN4O3/c1-2-24-15-10-6-4-8-13(15)17(19(24)27)23-22-16(25)11-21-18(26)12-7-3-5-9-14(12)20/h3-10,27H,2,11H2,1H3,(H,21,26). The maximum Gasteiger partial charge on any atom is 0.283 e. The fourth-order valence-corrected chi connectivity index (χ4v) is 2.73. The first-order valence-corrected chi connectivity index (χ1v) is 8.30. The van der Waals surface area contributed by atoms with Crippen LogP contribution in [0.3, 0.4) is 0 Å². The number of aromatic hydroxyl groups is 1. The van der Waals surface area contributed by atoms with Crippen molar-refractivity contribution in [2.45, 2.75) is 13.5 Å². The predicted octanol–water partition coefficient (Wildman–Crippen LogP) is 3.55. The van der Waals surface area contributed by atoms with Gasteiger partial charge in [0.1, 0.15) is 12.4 Å². The second-order valence-corrected chi connectivity index (χ2v) is 5.69. The highest BCUT2D eigenvalue weighted by Gasteiger charge is 2.16. The van der Waals surface area contributed by atoms with Gasteiger partial charge in [-0.3, -0.25) is 9.59 Å². The van der Waals surface area contributed by atoms with Crippen LogP contribution in [0, 0.1) is 5.82 Å². The molecule has 1 aromatic heterocycles. The smallest absolute Gasteiger partial charge is 0.283 e. The molecule has 7 nitrogen and oxygen atoms in total. The molecule has 8 heteroatoms. The summed E-state index contributed by atoms with van der Waals surface area (Å²) < 4.78 is 15.2. The number of hydrogen-bond donors (Lipinski definition) is 2. The van der Waals surface area contributed by atoms with E-state index >= 15 is 0 Å². The van der Waals surface area contributed by atoms with E-state index in [9.17, 15) is 19.1 Å². The van der Waals surface area contributed by atoms with Crippen LogP contribution in [-0.2, 0) is 11.3 Å². The zero-order valence-corrected chi connectivity index (χ0v) is 14.5. The number of hydrogen-bond acceptors (Lipinski definition) is 4. The molecule has 3 rings (SSSR count). The largest absolute Gasteiger partial charge is 0.493 e. The first-order chi connectivity index (χ1) is 13.0. The van der Waals surface area contributed by atoms with Gasteiger partial charge in [-0.2, -0.15) is 0 Å². The maximum absolute atomic E-state index is 13.5. The maximum atomic E-state index is 13.5. The molecule has 0 aliphatic carbocycles. The molecular weight excluding hydrogens is 351 g/mol. The van der Waals surface area contributed by atoms with E-state index in [4.69, 9.17) is 0 Å². The Bertz CT molecular complexity index is 1040. The molecule has 0 unspecified atom stereocenters. The second-order valence-electron chi connectivity index (χ2n) is 5.69. The number of nitrogens with one attached hydrogen (secondary N) is 1. The van der Waals surface area contributed by atoms with E-state index in [1.165, 1.54) is 18.2 Å². The summed E-state index contributed by atoms with van der Waals surface area (Å²) in [5.41, 5.74) is 0.791. The van der Waals surface area contributed by atoms with Crippen LogP contribution in [0.4, 0.5) is 10.1 Å². The van der Waals surface area contributed by atoms with E-state index in [1.807, 2.05) is 19.1 Å². The number of aryl methyl sites for hydroxylation is 1. The quantitative estimate of drug-likeness (QED) is 0.674. The lowest BCUT2D eigenvalue weighted by molar-refractivity contribution is -0.117. The topological polar surface area (TPSA) is 96.0 Å². The molecule has 0 aliphatic rings. The van der Waals surface area contributed by atoms with Gasteiger partial charge in [-0.25, -0.2) is 4.39 Å². The number of halogens is 1. The molecule has 1 heterocycles. The van der Waals surface area contributed by atoms with Crippen LogP contribution in [-0.4, -0.2) is 28.0 Å². The highest BCUT2D eigenvalue weighted by molar-refractivity contribution is 5.97. The number of carbonyl (C=O) groups excluding carboxylic acids is 2. The predicted molar refractivity (Wildman–Crippen MR) is 97.5 cm³/mol. The molecule has 2 aromatic carbocycles. The number of carbonyl (C=O) groups is 2. The van der Waals surface area contributed by atoms with Crippen LogP contribution < -0.4 is 5.32 Å². The highest BCUT2D eigenvalue weighted by atomic mass is 19.1. The molecule has 0 saturated heterocycles. The molecule has 0 aliphatic heterocycles. The highest BCUT2D eigenvalue weighted by Crippen LogP contribution is 2.38. The number of rotatable bonds is 5. The van der Waals surface area contributed by atoms with Crippen LogP contribution >= 0.6 is 0 Å². The third kappa shape index (κ3) is 3.69. The molecule has 0 bridgehead atoms. The molecule has 27 heavy (non-hydrogen) atoms. The number of benzene rings is 2. The average molecular weight is 368 g/mol. The van der Waals surface area contributed by atoms with Gasteiger partial charge in [-0.15, -0.1) is 10.2 Å². The first kappa shape index (κ1) is 18.2. The van der Waals surface area contributed by atoms with E-state index in [0.717, 1.165) is 11.6 Å². The minimum atomic E-state index is -0.729. The lowest BCUT2D eigenvalue weighted by Crippen LogP contribution is -2.29. The minimum absolute atomic E-state index is 0.0920. The normalized spacial score (nSPS) is 11.2. The Morgan fingerprint density at radius 1 is 1.15 bits per heavy atom. The second kappa shape index (κ2) is 7.77. The Morgan fingerprint density at radius 2 is 1.85 bits per heavy atom. The average Bonchev–Trinajstić information content (AvgIpc) is 2.95. The summed E-state index contributed by atoms with van der Waals surface area (Å²) in [5, 5.41) is 20.7. The molecule has 138 valence electrons. The first-order valence-electron chi connectivity index (χ1n) is 8.30. The van der Waals surface area contributed by atoms with Crippen LogP contribution in [0.1, 0.15) is 17.3 Å². The summed E-state index contributed by atoms with van der Waals surface area (Å²) in [6, 6.07) is 12.7. The van der Waals surface area contributed by atoms with Gasteiger partial charge in [-0.05, 0) is 25.1 Å². The van der Waals surface area contributed by atoms with Crippen LogP contribution in [0.5, 0.6) is 5.88 Å². The Hall–Kier alpha value is -3.55. The lowest BCUT2D eigenvalue weighted by Gasteiger charge is -2.03. The van der Waals surface area contributed by atoms with Crippen molar-refractivity contribution in [1.82, 2.24) is 9.88 Å². The van der Waals surface area contributed by atoms with Crippen molar-refractivity contribution in [1.29, 1.82) is 0 Å². The van der Waals surface area contributed by atoms with Gasteiger partial charge in [0.05, 0.1) is 11.1 Å². The molecule has 2 amide bonds. The number of para-hydroxylation sites is 1. The lowest BCUT2D eigenvalue weighted by atomic mass is 10.2. The molecule has 0 radical (unpaired) electrons. The van der Waals surface area contributed by atoms with Crippen molar-refractivity contribution in [3.05, 3.63) is 59.9 Å². The summed E-state index contributed by atoms with van der Waals surface area (Å²) in [5.74, 6) is -2.22. The fraction of sp³-hybridized carbons (Fsp3) is 0.158. The minimum Gasteiger partial charge on any atom is -0.493 e. The number of fused-ring (bicyclic) bond motifs is 1. The SMILES string of the molecule is CCn1c(O)c(N=NC(=O)CNC(=O)c2ccccc2F)c2ccccc21. The molecule has 0 fully saturated rings. The van der Waals surface area contributed by atoms with Gasteiger partial charge >= 0.3 is 0 Å². The van der Waals surface area contributed by atoms with Crippen molar-refractivity contribution in [2.24, 2.45) is 10.2 Å². The third-order valence-electron chi connectivity index (χ3n) is 4.01. The zero-order valence-electron chi connectivity index (χ0n) is 14.5. The van der Waals surface area contributed by atoms with Crippen LogP contribution in [0.2, 0.25) is 0 Å². The summed E-state index contributed by atoms with van der Waals surface area (Å²) in [6.07, 6.45) is 0. The Morgan fingerprint density at radius 3 is 2.59 bits per heavy atom. The molecule has 0 atom stereocenters.